The molecule has 3 rings (SSSR count). The van der Waals surface area contributed by atoms with Gasteiger partial charge in [-0.1, -0.05) is 23.7 Å². The van der Waals surface area contributed by atoms with Crippen LogP contribution in [0.5, 0.6) is 0 Å². The van der Waals surface area contributed by atoms with Crippen LogP contribution < -0.4 is 10.9 Å². The number of aromatic amines is 1. The molecule has 0 bridgehead atoms. The quantitative estimate of drug-likeness (QED) is 0.687. The maximum Gasteiger partial charge on any atom is 0.416 e. The molecule has 28 heavy (non-hydrogen) atoms. The summed E-state index contributed by atoms with van der Waals surface area (Å²) in [6.07, 6.45) is -1.78. The molecule has 2 N–H and O–H groups in total. The summed E-state index contributed by atoms with van der Waals surface area (Å²) >= 11 is 6.18. The molecule has 1 amide bonds. The summed E-state index contributed by atoms with van der Waals surface area (Å²) in [5.74, 6) is -0.553. The third-order valence-electron chi connectivity index (χ3n) is 3.95. The Morgan fingerprint density at radius 2 is 1.82 bits per heavy atom. The predicted molar refractivity (Wildman–Crippen MR) is 97.1 cm³/mol. The van der Waals surface area contributed by atoms with Crippen LogP contribution in [0, 0.1) is 0 Å². The van der Waals surface area contributed by atoms with Gasteiger partial charge in [0.05, 0.1) is 27.9 Å². The normalized spacial score (nSPS) is 12.4. The van der Waals surface area contributed by atoms with E-state index in [9.17, 15) is 22.8 Å². The number of halogens is 4. The average Bonchev–Trinajstić information content (AvgIpc) is 2.66. The van der Waals surface area contributed by atoms with Crippen molar-refractivity contribution in [1.29, 1.82) is 0 Å². The number of carbonyl (C=O) groups excluding carboxylic acids is 1. The van der Waals surface area contributed by atoms with Crippen LogP contribution in [0.15, 0.2) is 65.7 Å². The fourth-order valence-electron chi connectivity index (χ4n) is 2.55. The molecule has 5 nitrogen and oxygen atoms in total. The lowest BCUT2D eigenvalue weighted by molar-refractivity contribution is -0.137. The van der Waals surface area contributed by atoms with Crippen molar-refractivity contribution in [2.75, 3.05) is 0 Å². The Hall–Kier alpha value is -3.13. The van der Waals surface area contributed by atoms with Crippen LogP contribution in [-0.2, 0) is 6.18 Å². The van der Waals surface area contributed by atoms with E-state index in [-0.39, 0.29) is 21.8 Å². The number of carbonyl (C=O) groups is 1. The molecule has 0 aliphatic heterocycles. The lowest BCUT2D eigenvalue weighted by Gasteiger charge is -2.20. The van der Waals surface area contributed by atoms with Gasteiger partial charge >= 0.3 is 6.18 Å². The highest BCUT2D eigenvalue weighted by Gasteiger charge is 2.31. The Labute approximate surface area is 162 Å². The van der Waals surface area contributed by atoms with Gasteiger partial charge in [-0.2, -0.15) is 13.2 Å². The molecule has 0 saturated heterocycles. The largest absolute Gasteiger partial charge is 0.416 e. The highest BCUT2D eigenvalue weighted by molar-refractivity contribution is 6.31. The van der Waals surface area contributed by atoms with Gasteiger partial charge in [0, 0.05) is 18.5 Å². The molecule has 0 aliphatic rings. The van der Waals surface area contributed by atoms with Crippen molar-refractivity contribution in [3.8, 4) is 0 Å². The second kappa shape index (κ2) is 7.85. The summed E-state index contributed by atoms with van der Waals surface area (Å²) in [4.78, 5) is 30.3. The van der Waals surface area contributed by atoms with Gasteiger partial charge in [0.25, 0.3) is 5.91 Å². The molecule has 3 aromatic rings. The number of H-pyrrole nitrogens is 1. The molecular formula is C19H13ClF3N3O2. The Morgan fingerprint density at radius 3 is 2.39 bits per heavy atom. The maximum atomic E-state index is 12.8. The zero-order valence-electron chi connectivity index (χ0n) is 14.1. The summed E-state index contributed by atoms with van der Waals surface area (Å²) < 4.78 is 38.5. The van der Waals surface area contributed by atoms with Gasteiger partial charge < -0.3 is 10.3 Å². The second-order valence-corrected chi connectivity index (χ2v) is 6.25. The summed E-state index contributed by atoms with van der Waals surface area (Å²) in [7, 11) is 0. The summed E-state index contributed by atoms with van der Waals surface area (Å²) in [6, 6.07) is 9.14. The van der Waals surface area contributed by atoms with Crippen molar-refractivity contribution < 1.29 is 18.0 Å². The smallest absolute Gasteiger partial charge is 0.339 e. The average molecular weight is 408 g/mol. The van der Waals surface area contributed by atoms with Gasteiger partial charge in [0.2, 0.25) is 5.56 Å². The molecule has 1 atom stereocenters. The molecular weight excluding hydrogens is 395 g/mol. The van der Waals surface area contributed by atoms with Crippen LogP contribution in [0.25, 0.3) is 0 Å². The number of nitrogens with zero attached hydrogens (tertiary/aromatic N) is 1. The number of benzene rings is 1. The van der Waals surface area contributed by atoms with Crippen molar-refractivity contribution in [2.24, 2.45) is 0 Å². The molecule has 0 fully saturated rings. The fraction of sp³-hybridized carbons (Fsp3) is 0.105. The topological polar surface area (TPSA) is 74.8 Å². The first kappa shape index (κ1) is 19.6. The van der Waals surface area contributed by atoms with Crippen molar-refractivity contribution >= 4 is 17.5 Å². The standard InChI is InChI=1S/C19H13ClF3N3O2/c20-14-2-1-9-24-17(14)16(11-3-6-13(7-4-11)19(21,22)23)26-18(28)12-5-8-15(27)25-10-12/h1-10,16H,(H,25,27)(H,26,28)/t16-/m0/s1. The van der Waals surface area contributed by atoms with E-state index in [0.717, 1.165) is 12.1 Å². The molecule has 0 spiro atoms. The molecule has 2 heterocycles. The zero-order valence-corrected chi connectivity index (χ0v) is 14.9. The van der Waals surface area contributed by atoms with E-state index in [1.54, 1.807) is 12.1 Å². The summed E-state index contributed by atoms with van der Waals surface area (Å²) in [6.45, 7) is 0. The molecule has 0 saturated carbocycles. The van der Waals surface area contributed by atoms with Crippen LogP contribution >= 0.6 is 11.6 Å². The third-order valence-corrected chi connectivity index (χ3v) is 4.27. The van der Waals surface area contributed by atoms with Gasteiger partial charge in [-0.25, -0.2) is 0 Å². The van der Waals surface area contributed by atoms with E-state index < -0.39 is 23.7 Å². The Morgan fingerprint density at radius 1 is 1.11 bits per heavy atom. The van der Waals surface area contributed by atoms with Crippen molar-refractivity contribution in [3.05, 3.63) is 98.7 Å². The summed E-state index contributed by atoms with van der Waals surface area (Å²) in [5.41, 5.74) is -0.366. The van der Waals surface area contributed by atoms with Gasteiger partial charge in [-0.15, -0.1) is 0 Å². The fourth-order valence-corrected chi connectivity index (χ4v) is 2.78. The van der Waals surface area contributed by atoms with E-state index in [4.69, 9.17) is 11.6 Å². The Bertz CT molecular complexity index is 1030. The van der Waals surface area contributed by atoms with Crippen LogP contribution in [-0.4, -0.2) is 15.9 Å². The van der Waals surface area contributed by atoms with Gasteiger partial charge in [-0.05, 0) is 35.9 Å². The number of pyridine rings is 2. The first-order chi connectivity index (χ1) is 13.3. The lowest BCUT2D eigenvalue weighted by Crippen LogP contribution is -2.30. The van der Waals surface area contributed by atoms with Crippen LogP contribution in [0.3, 0.4) is 0 Å². The van der Waals surface area contributed by atoms with Crippen LogP contribution in [0.4, 0.5) is 13.2 Å². The SMILES string of the molecule is O=C(N[C@@H](c1ccc(C(F)(F)F)cc1)c1ncccc1Cl)c1ccc(=O)[nH]c1. The van der Waals surface area contributed by atoms with E-state index >= 15 is 0 Å². The zero-order chi connectivity index (χ0) is 20.3. The van der Waals surface area contributed by atoms with Gasteiger partial charge in [0.1, 0.15) is 0 Å². The number of aromatic nitrogens is 2. The highest BCUT2D eigenvalue weighted by Crippen LogP contribution is 2.32. The van der Waals surface area contributed by atoms with Crippen molar-refractivity contribution in [1.82, 2.24) is 15.3 Å². The van der Waals surface area contributed by atoms with E-state index in [1.807, 2.05) is 0 Å². The van der Waals surface area contributed by atoms with Crippen molar-refractivity contribution in [2.45, 2.75) is 12.2 Å². The molecule has 0 radical (unpaired) electrons. The van der Waals surface area contributed by atoms with E-state index in [1.165, 1.54) is 36.7 Å². The van der Waals surface area contributed by atoms with Crippen LogP contribution in [0.2, 0.25) is 5.02 Å². The number of alkyl halides is 3. The maximum absolute atomic E-state index is 12.8. The minimum absolute atomic E-state index is 0.170. The van der Waals surface area contributed by atoms with Gasteiger partial charge in [0.15, 0.2) is 0 Å². The monoisotopic (exact) mass is 407 g/mol. The number of nitrogens with one attached hydrogen (secondary N) is 2. The third kappa shape index (κ3) is 4.40. The lowest BCUT2D eigenvalue weighted by atomic mass is 10.0. The highest BCUT2D eigenvalue weighted by atomic mass is 35.5. The first-order valence-corrected chi connectivity index (χ1v) is 8.40. The second-order valence-electron chi connectivity index (χ2n) is 5.84. The number of hydrogen-bond donors (Lipinski definition) is 2. The summed E-state index contributed by atoms with van der Waals surface area (Å²) in [5, 5.41) is 2.94. The van der Waals surface area contributed by atoms with Gasteiger partial charge in [-0.3, -0.25) is 14.6 Å². The minimum atomic E-state index is -4.48. The van der Waals surface area contributed by atoms with Crippen molar-refractivity contribution in [3.63, 3.8) is 0 Å². The number of hydrogen-bond acceptors (Lipinski definition) is 3. The van der Waals surface area contributed by atoms with E-state index in [2.05, 4.69) is 15.3 Å². The molecule has 0 aliphatic carbocycles. The molecule has 0 unspecified atom stereocenters. The first-order valence-electron chi connectivity index (χ1n) is 8.03. The number of amides is 1. The molecule has 1 aromatic carbocycles. The number of rotatable bonds is 4. The minimum Gasteiger partial charge on any atom is -0.339 e. The Balaban J connectivity index is 1.98. The molecule has 9 heteroatoms. The van der Waals surface area contributed by atoms with E-state index in [0.29, 0.717) is 5.56 Å². The predicted octanol–water partition coefficient (Wildman–Crippen LogP) is 3.96. The molecule has 144 valence electrons. The van der Waals surface area contributed by atoms with Crippen LogP contribution in [0.1, 0.15) is 33.2 Å². The Kier molecular flexibility index (Phi) is 5.51. The molecule has 2 aromatic heterocycles.